The van der Waals surface area contributed by atoms with Crippen LogP contribution in [-0.2, 0) is 29.6 Å². The van der Waals surface area contributed by atoms with Crippen LogP contribution in [0.1, 0.15) is 29.2 Å². The average molecular weight is 561 g/mol. The van der Waals surface area contributed by atoms with E-state index in [0.29, 0.717) is 21.9 Å². The molecule has 4 amide bonds. The fourth-order valence-electron chi connectivity index (χ4n) is 5.02. The van der Waals surface area contributed by atoms with Gasteiger partial charge in [-0.15, -0.1) is 0 Å². The molecule has 14 heteroatoms. The summed E-state index contributed by atoms with van der Waals surface area (Å²) in [6.45, 7) is -2.63. The van der Waals surface area contributed by atoms with Crippen LogP contribution in [0.5, 0.6) is 5.75 Å². The number of nitrogens with two attached hydrogens (primary N) is 1. The molecule has 210 valence electrons. The lowest BCUT2D eigenvalue weighted by Crippen LogP contribution is -2.55. The summed E-state index contributed by atoms with van der Waals surface area (Å²) in [7, 11) is 1.77. The molecular weight excluding hydrogens is 536 g/mol. The van der Waals surface area contributed by atoms with Crippen LogP contribution in [0.25, 0.3) is 11.1 Å². The molecule has 2 atom stereocenters. The summed E-state index contributed by atoms with van der Waals surface area (Å²) in [5.74, 6) is -3.70. The van der Waals surface area contributed by atoms with Gasteiger partial charge >= 0.3 is 12.2 Å². The van der Waals surface area contributed by atoms with Crippen LogP contribution in [0.4, 0.5) is 22.4 Å². The number of fused-ring (bicyclic) bond motifs is 2. The van der Waals surface area contributed by atoms with Gasteiger partial charge in [0.1, 0.15) is 24.7 Å². The molecule has 3 aromatic rings. The number of benzene rings is 1. The number of alkyl halides is 3. The fraction of sp³-hybridized carbons (Fsp3) is 0.346. The highest BCUT2D eigenvalue weighted by molar-refractivity contribution is 6.00. The van der Waals surface area contributed by atoms with Crippen molar-refractivity contribution in [3.8, 4) is 16.9 Å². The number of ether oxygens (including phenoxy) is 1. The molecule has 2 aromatic heterocycles. The molecule has 2 N–H and O–H groups in total. The Kier molecular flexibility index (Phi) is 6.94. The molecule has 1 aromatic carbocycles. The Morgan fingerprint density at radius 1 is 1.15 bits per heavy atom. The minimum atomic E-state index is -4.90. The molecule has 40 heavy (non-hydrogen) atoms. The monoisotopic (exact) mass is 560 g/mol. The van der Waals surface area contributed by atoms with E-state index in [9.17, 15) is 31.9 Å². The van der Waals surface area contributed by atoms with Crippen molar-refractivity contribution in [3.63, 3.8) is 0 Å². The standard InChI is InChI=1S/C26H24F4N6O4/c1-34-10-17(9-33-34)15-6-14-2-4-19(23(14)32-8-15)24(38)36(25(31)39)12-22(37)35-11-16-7-18(27)3-5-20(16)40-13-21(35)26(28,29)30/h3,5-10,19,21H,2,4,11-13H2,1H3,(H2,31,39)/t19-,21-/m0/s1. The van der Waals surface area contributed by atoms with Gasteiger partial charge in [-0.25, -0.2) is 9.18 Å². The maximum Gasteiger partial charge on any atom is 0.412 e. The number of imide groups is 1. The normalized spacial score (nSPS) is 18.4. The zero-order chi connectivity index (χ0) is 28.8. The number of pyridine rings is 1. The van der Waals surface area contributed by atoms with Crippen molar-refractivity contribution in [1.82, 2.24) is 24.6 Å². The highest BCUT2D eigenvalue weighted by Crippen LogP contribution is 2.36. The van der Waals surface area contributed by atoms with Crippen LogP contribution in [0.2, 0.25) is 0 Å². The minimum Gasteiger partial charge on any atom is -0.491 e. The molecule has 0 spiro atoms. The summed E-state index contributed by atoms with van der Waals surface area (Å²) in [4.78, 5) is 44.2. The number of aromatic nitrogens is 3. The molecule has 10 nitrogen and oxygen atoms in total. The summed E-state index contributed by atoms with van der Waals surface area (Å²) in [6, 6.07) is 1.33. The Bertz CT molecular complexity index is 1490. The van der Waals surface area contributed by atoms with Gasteiger partial charge in [0.2, 0.25) is 11.8 Å². The van der Waals surface area contributed by atoms with Crippen molar-refractivity contribution in [2.24, 2.45) is 12.8 Å². The van der Waals surface area contributed by atoms with E-state index < -0.39 is 61.5 Å². The maximum absolute atomic E-state index is 13.9. The van der Waals surface area contributed by atoms with E-state index in [1.807, 2.05) is 6.07 Å². The number of urea groups is 1. The fourth-order valence-corrected chi connectivity index (χ4v) is 5.02. The summed E-state index contributed by atoms with van der Waals surface area (Å²) < 4.78 is 62.4. The Morgan fingerprint density at radius 3 is 2.60 bits per heavy atom. The SMILES string of the molecule is Cn1cc(-c2cnc3c(c2)CC[C@@H]3C(=O)N(CC(=O)N2Cc3cc(F)ccc3OC[C@H]2C(F)(F)F)C(N)=O)cn1. The van der Waals surface area contributed by atoms with Gasteiger partial charge in [0.05, 0.1) is 24.4 Å². The third kappa shape index (κ3) is 5.20. The number of halogens is 4. The number of amides is 4. The molecule has 0 saturated heterocycles. The highest BCUT2D eigenvalue weighted by Gasteiger charge is 2.48. The quantitative estimate of drug-likeness (QED) is 0.490. The van der Waals surface area contributed by atoms with E-state index >= 15 is 0 Å². The third-order valence-electron chi connectivity index (χ3n) is 7.03. The summed E-state index contributed by atoms with van der Waals surface area (Å²) in [5.41, 5.74) is 8.19. The molecule has 0 fully saturated rings. The van der Waals surface area contributed by atoms with Crippen molar-refractivity contribution in [1.29, 1.82) is 0 Å². The zero-order valence-corrected chi connectivity index (χ0v) is 21.2. The van der Waals surface area contributed by atoms with Crippen molar-refractivity contribution in [2.45, 2.75) is 37.5 Å². The minimum absolute atomic E-state index is 0.00641. The van der Waals surface area contributed by atoms with Crippen LogP contribution >= 0.6 is 0 Å². The van der Waals surface area contributed by atoms with Gasteiger partial charge in [-0.05, 0) is 42.7 Å². The van der Waals surface area contributed by atoms with Crippen molar-refractivity contribution < 1.29 is 36.7 Å². The maximum atomic E-state index is 13.9. The first kappa shape index (κ1) is 27.1. The summed E-state index contributed by atoms with van der Waals surface area (Å²) in [5, 5.41) is 4.13. The average Bonchev–Trinajstić information content (AvgIpc) is 3.46. The van der Waals surface area contributed by atoms with Gasteiger partial charge in [0.15, 0.2) is 6.04 Å². The smallest absolute Gasteiger partial charge is 0.412 e. The molecule has 1 aliphatic carbocycles. The number of rotatable bonds is 4. The molecular formula is C26H24F4N6O4. The van der Waals surface area contributed by atoms with Crippen LogP contribution in [0, 0.1) is 5.82 Å². The first-order valence-electron chi connectivity index (χ1n) is 12.3. The van der Waals surface area contributed by atoms with Gasteiger partial charge in [0.25, 0.3) is 0 Å². The van der Waals surface area contributed by atoms with Crippen LogP contribution in [0.3, 0.4) is 0 Å². The van der Waals surface area contributed by atoms with E-state index in [1.165, 1.54) is 6.07 Å². The topological polar surface area (TPSA) is 124 Å². The van der Waals surface area contributed by atoms with Crippen molar-refractivity contribution >= 4 is 17.8 Å². The molecule has 0 saturated carbocycles. The second-order valence-corrected chi connectivity index (χ2v) is 9.67. The lowest BCUT2D eigenvalue weighted by atomic mass is 10.0. The number of primary amides is 1. The summed E-state index contributed by atoms with van der Waals surface area (Å²) in [6.07, 6.45) is 0.841. The Hall–Kier alpha value is -4.49. The van der Waals surface area contributed by atoms with E-state index in [1.54, 1.807) is 30.3 Å². The number of nitrogens with zero attached hydrogens (tertiary/aromatic N) is 5. The van der Waals surface area contributed by atoms with Gasteiger partial charge in [-0.3, -0.25) is 24.2 Å². The molecule has 0 unspecified atom stereocenters. The lowest BCUT2D eigenvalue weighted by molar-refractivity contribution is -0.195. The third-order valence-corrected chi connectivity index (χ3v) is 7.03. The van der Waals surface area contributed by atoms with Gasteiger partial charge in [-0.1, -0.05) is 0 Å². The van der Waals surface area contributed by atoms with Crippen LogP contribution in [-0.4, -0.2) is 67.8 Å². The number of aryl methyl sites for hydroxylation is 2. The number of carbonyl (C=O) groups is 3. The van der Waals surface area contributed by atoms with Gasteiger partial charge in [-0.2, -0.15) is 18.3 Å². The second kappa shape index (κ2) is 10.2. The van der Waals surface area contributed by atoms with Crippen LogP contribution in [0.15, 0.2) is 42.9 Å². The van der Waals surface area contributed by atoms with Gasteiger partial charge < -0.3 is 15.4 Å². The Balaban J connectivity index is 1.38. The predicted molar refractivity (Wildman–Crippen MR) is 131 cm³/mol. The zero-order valence-electron chi connectivity index (χ0n) is 21.2. The highest BCUT2D eigenvalue weighted by atomic mass is 19.4. The number of hydrogen-bond donors (Lipinski definition) is 1. The number of hydrogen-bond acceptors (Lipinski definition) is 6. The van der Waals surface area contributed by atoms with Crippen molar-refractivity contribution in [2.75, 3.05) is 13.2 Å². The van der Waals surface area contributed by atoms with E-state index in [0.717, 1.165) is 28.8 Å². The van der Waals surface area contributed by atoms with E-state index in [-0.39, 0.29) is 17.7 Å². The largest absolute Gasteiger partial charge is 0.491 e. The van der Waals surface area contributed by atoms with E-state index in [2.05, 4.69) is 10.1 Å². The predicted octanol–water partition coefficient (Wildman–Crippen LogP) is 2.91. The second-order valence-electron chi connectivity index (χ2n) is 9.67. The Labute approximate surface area is 225 Å². The lowest BCUT2D eigenvalue weighted by Gasteiger charge is -2.32. The molecule has 0 bridgehead atoms. The van der Waals surface area contributed by atoms with Crippen LogP contribution < -0.4 is 10.5 Å². The molecule has 2 aliphatic rings. The first-order valence-corrected chi connectivity index (χ1v) is 12.3. The molecule has 5 rings (SSSR count). The summed E-state index contributed by atoms with van der Waals surface area (Å²) >= 11 is 0. The van der Waals surface area contributed by atoms with E-state index in [4.69, 9.17) is 10.5 Å². The first-order chi connectivity index (χ1) is 18.9. The molecule has 0 radical (unpaired) electrons. The Morgan fingerprint density at radius 2 is 1.93 bits per heavy atom. The van der Waals surface area contributed by atoms with Gasteiger partial charge in [0, 0.05) is 36.1 Å². The molecule has 1 aliphatic heterocycles. The number of carbonyl (C=O) groups excluding carboxylic acids is 3. The van der Waals surface area contributed by atoms with Crippen molar-refractivity contribution in [3.05, 3.63) is 65.5 Å². The molecule has 3 heterocycles.